The van der Waals surface area contributed by atoms with E-state index >= 15 is 0 Å². The minimum absolute atomic E-state index is 0.00706. The number of amides is 2. The van der Waals surface area contributed by atoms with E-state index in [0.29, 0.717) is 29.4 Å². The lowest BCUT2D eigenvalue weighted by molar-refractivity contribution is -0.122. The van der Waals surface area contributed by atoms with E-state index in [9.17, 15) is 9.59 Å². The lowest BCUT2D eigenvalue weighted by atomic mass is 10.1. The third-order valence-corrected chi connectivity index (χ3v) is 5.16. The molecule has 1 saturated heterocycles. The Kier molecular flexibility index (Phi) is 6.28. The van der Waals surface area contributed by atoms with E-state index in [-0.39, 0.29) is 10.7 Å². The molecule has 0 atom stereocenters. The molecular formula is C25H20N2O4S. The van der Waals surface area contributed by atoms with Crippen LogP contribution in [0.25, 0.3) is 6.08 Å². The number of carbonyl (C=O) groups excluding carboxylic acids is 2. The van der Waals surface area contributed by atoms with E-state index in [1.165, 1.54) is 11.0 Å². The number of methoxy groups -OCH3 is 1. The average molecular weight is 445 g/mol. The van der Waals surface area contributed by atoms with Crippen LogP contribution in [0.15, 0.2) is 84.4 Å². The topological polar surface area (TPSA) is 67.9 Å². The van der Waals surface area contributed by atoms with E-state index in [2.05, 4.69) is 5.32 Å². The molecule has 32 heavy (non-hydrogen) atoms. The molecule has 3 aromatic rings. The Bertz CT molecular complexity index is 1170. The first-order valence-corrected chi connectivity index (χ1v) is 10.3. The number of ether oxygens (including phenoxy) is 2. The van der Waals surface area contributed by atoms with Gasteiger partial charge in [0, 0.05) is 0 Å². The Morgan fingerprint density at radius 3 is 2.22 bits per heavy atom. The largest absolute Gasteiger partial charge is 0.497 e. The van der Waals surface area contributed by atoms with Gasteiger partial charge in [-0.05, 0) is 65.8 Å². The Hall–Kier alpha value is -3.97. The number of hydrogen-bond acceptors (Lipinski definition) is 5. The summed E-state index contributed by atoms with van der Waals surface area (Å²) in [7, 11) is 1.56. The molecule has 0 aliphatic carbocycles. The Labute approximate surface area is 191 Å². The molecule has 6 nitrogen and oxygen atoms in total. The molecule has 4 rings (SSSR count). The zero-order valence-electron chi connectivity index (χ0n) is 17.3. The normalized spacial score (nSPS) is 15.0. The molecule has 0 bridgehead atoms. The summed E-state index contributed by atoms with van der Waals surface area (Å²) in [5.74, 6) is 0.317. The van der Waals surface area contributed by atoms with Gasteiger partial charge in [-0.25, -0.2) is 0 Å². The number of anilines is 1. The summed E-state index contributed by atoms with van der Waals surface area (Å²) in [6.45, 7) is 0.455. The first-order chi connectivity index (χ1) is 15.5. The summed E-state index contributed by atoms with van der Waals surface area (Å²) < 4.78 is 10.9. The fourth-order valence-electron chi connectivity index (χ4n) is 3.19. The number of carbonyl (C=O) groups is 2. The first-order valence-electron chi connectivity index (χ1n) is 9.87. The second-order valence-electron chi connectivity index (χ2n) is 7.00. The Morgan fingerprint density at radius 2 is 1.56 bits per heavy atom. The van der Waals surface area contributed by atoms with Gasteiger partial charge in [0.2, 0.25) is 0 Å². The van der Waals surface area contributed by atoms with Crippen molar-refractivity contribution >= 4 is 40.9 Å². The molecule has 3 aromatic carbocycles. The number of benzene rings is 3. The van der Waals surface area contributed by atoms with Crippen LogP contribution in [0.2, 0.25) is 0 Å². The number of rotatable bonds is 6. The molecule has 1 heterocycles. The van der Waals surface area contributed by atoms with Crippen molar-refractivity contribution in [3.05, 3.63) is 95.6 Å². The highest BCUT2D eigenvalue weighted by atomic mass is 32.1. The predicted octanol–water partition coefficient (Wildman–Crippen LogP) is 4.11. The van der Waals surface area contributed by atoms with E-state index in [0.717, 1.165) is 5.56 Å². The average Bonchev–Trinajstić information content (AvgIpc) is 2.82. The van der Waals surface area contributed by atoms with Gasteiger partial charge in [0.05, 0.1) is 12.8 Å². The molecule has 0 aromatic heterocycles. The van der Waals surface area contributed by atoms with E-state index in [1.807, 2.05) is 30.3 Å². The van der Waals surface area contributed by atoms with Crippen LogP contribution in [0.5, 0.6) is 11.5 Å². The van der Waals surface area contributed by atoms with Crippen molar-refractivity contribution in [3.63, 3.8) is 0 Å². The zero-order chi connectivity index (χ0) is 22.5. The third-order valence-electron chi connectivity index (χ3n) is 4.87. The highest BCUT2D eigenvalue weighted by molar-refractivity contribution is 7.80. The molecule has 7 heteroatoms. The molecule has 1 aliphatic heterocycles. The van der Waals surface area contributed by atoms with Crippen molar-refractivity contribution in [2.75, 3.05) is 12.0 Å². The van der Waals surface area contributed by atoms with Gasteiger partial charge in [0.15, 0.2) is 5.11 Å². The Morgan fingerprint density at radius 1 is 0.906 bits per heavy atom. The lowest BCUT2D eigenvalue weighted by Gasteiger charge is -2.29. The van der Waals surface area contributed by atoms with Crippen molar-refractivity contribution in [3.8, 4) is 11.5 Å². The van der Waals surface area contributed by atoms with Gasteiger partial charge < -0.3 is 9.47 Å². The quantitative estimate of drug-likeness (QED) is 0.352. The van der Waals surface area contributed by atoms with Gasteiger partial charge in [-0.2, -0.15) is 0 Å². The van der Waals surface area contributed by atoms with Gasteiger partial charge in [0.1, 0.15) is 23.7 Å². The van der Waals surface area contributed by atoms with Crippen LogP contribution >= 0.6 is 12.2 Å². The van der Waals surface area contributed by atoms with Crippen LogP contribution in [-0.4, -0.2) is 24.0 Å². The summed E-state index contributed by atoms with van der Waals surface area (Å²) in [4.78, 5) is 26.8. The number of thiocarbonyl (C=S) groups is 1. The van der Waals surface area contributed by atoms with Crippen LogP contribution in [-0.2, 0) is 16.2 Å². The van der Waals surface area contributed by atoms with Crippen LogP contribution in [0.3, 0.4) is 0 Å². The number of nitrogens with zero attached hydrogens (tertiary/aromatic N) is 1. The molecule has 160 valence electrons. The van der Waals surface area contributed by atoms with Gasteiger partial charge in [0.25, 0.3) is 11.8 Å². The maximum atomic E-state index is 13.1. The SMILES string of the molecule is COc1ccc(N2C(=O)/C(=C\c3ccc(OCc4ccccc4)cc3)C(=O)NC2=S)cc1. The fraction of sp³-hybridized carbons (Fsp3) is 0.0800. The minimum Gasteiger partial charge on any atom is -0.497 e. The highest BCUT2D eigenvalue weighted by Crippen LogP contribution is 2.25. The lowest BCUT2D eigenvalue weighted by Crippen LogP contribution is -2.54. The minimum atomic E-state index is -0.533. The number of hydrogen-bond donors (Lipinski definition) is 1. The van der Waals surface area contributed by atoms with E-state index < -0.39 is 11.8 Å². The molecule has 0 radical (unpaired) electrons. The van der Waals surface area contributed by atoms with Crippen LogP contribution < -0.4 is 19.7 Å². The monoisotopic (exact) mass is 444 g/mol. The molecule has 1 aliphatic rings. The second kappa shape index (κ2) is 9.45. The zero-order valence-corrected chi connectivity index (χ0v) is 18.1. The fourth-order valence-corrected chi connectivity index (χ4v) is 3.47. The van der Waals surface area contributed by atoms with Gasteiger partial charge >= 0.3 is 0 Å². The van der Waals surface area contributed by atoms with E-state index in [1.54, 1.807) is 55.6 Å². The van der Waals surface area contributed by atoms with Gasteiger partial charge in [-0.1, -0.05) is 42.5 Å². The third kappa shape index (κ3) is 4.68. The van der Waals surface area contributed by atoms with Crippen LogP contribution in [0.1, 0.15) is 11.1 Å². The molecule has 1 N–H and O–H groups in total. The van der Waals surface area contributed by atoms with E-state index in [4.69, 9.17) is 21.7 Å². The second-order valence-corrected chi connectivity index (χ2v) is 7.39. The van der Waals surface area contributed by atoms with Crippen LogP contribution in [0.4, 0.5) is 5.69 Å². The summed E-state index contributed by atoms with van der Waals surface area (Å²) in [6.07, 6.45) is 1.54. The molecule has 0 unspecified atom stereocenters. The van der Waals surface area contributed by atoms with Crippen molar-refractivity contribution in [1.82, 2.24) is 5.32 Å². The van der Waals surface area contributed by atoms with Crippen molar-refractivity contribution in [1.29, 1.82) is 0 Å². The molecule has 0 spiro atoms. The van der Waals surface area contributed by atoms with Crippen molar-refractivity contribution < 1.29 is 19.1 Å². The predicted molar refractivity (Wildman–Crippen MR) is 126 cm³/mol. The standard InChI is InChI=1S/C25H20N2O4S/c1-30-20-13-9-19(10-14-20)27-24(29)22(23(28)26-25(27)32)15-17-7-11-21(12-8-17)31-16-18-5-3-2-4-6-18/h2-15H,16H2,1H3,(H,26,28,32)/b22-15-. The first kappa shape index (κ1) is 21.3. The van der Waals surface area contributed by atoms with Gasteiger partial charge in [-0.15, -0.1) is 0 Å². The summed E-state index contributed by atoms with van der Waals surface area (Å²) in [6, 6.07) is 23.9. The van der Waals surface area contributed by atoms with Gasteiger partial charge in [-0.3, -0.25) is 19.8 Å². The maximum Gasteiger partial charge on any atom is 0.270 e. The molecule has 0 saturated carbocycles. The van der Waals surface area contributed by atoms with Crippen LogP contribution in [0, 0.1) is 0 Å². The summed E-state index contributed by atoms with van der Waals surface area (Å²) in [5, 5.41) is 2.61. The summed E-state index contributed by atoms with van der Waals surface area (Å²) in [5.41, 5.74) is 2.29. The molecule has 1 fully saturated rings. The molecular weight excluding hydrogens is 424 g/mol. The number of nitrogens with one attached hydrogen (secondary N) is 1. The summed E-state index contributed by atoms with van der Waals surface area (Å²) >= 11 is 5.23. The van der Waals surface area contributed by atoms with Crippen molar-refractivity contribution in [2.45, 2.75) is 6.61 Å². The smallest absolute Gasteiger partial charge is 0.270 e. The highest BCUT2D eigenvalue weighted by Gasteiger charge is 2.34. The maximum absolute atomic E-state index is 13.1. The van der Waals surface area contributed by atoms with Crippen molar-refractivity contribution in [2.24, 2.45) is 0 Å². The Balaban J connectivity index is 1.52. The molecule has 2 amide bonds.